The molecule has 90 valence electrons. The van der Waals surface area contributed by atoms with Gasteiger partial charge < -0.3 is 9.84 Å². The Labute approximate surface area is 110 Å². The van der Waals surface area contributed by atoms with Crippen LogP contribution >= 0.6 is 11.8 Å². The van der Waals surface area contributed by atoms with Crippen LogP contribution in [-0.4, -0.2) is 12.2 Å². The van der Waals surface area contributed by atoms with Crippen LogP contribution in [0.15, 0.2) is 52.3 Å². The molecular weight excluding hydrogens is 246 g/mol. The van der Waals surface area contributed by atoms with Crippen molar-refractivity contribution < 1.29 is 9.84 Å². The number of rotatable bonds is 3. The molecule has 0 unspecified atom stereocenters. The fraction of sp³-hybridized carbons (Fsp3) is 0.0714. The lowest BCUT2D eigenvalue weighted by Crippen LogP contribution is -1.87. The first-order valence-corrected chi connectivity index (χ1v) is 6.09. The smallest absolute Gasteiger partial charge is 0.137 e. The summed E-state index contributed by atoms with van der Waals surface area (Å²) in [5.41, 5.74) is 0.521. The molecule has 0 saturated heterocycles. The first kappa shape index (κ1) is 12.3. The topological polar surface area (TPSA) is 53.2 Å². The standard InChI is InChI=1S/C14H11NO2S/c1-17-14-8-13(5-2-10(14)9-15)18-12-6-3-11(16)4-7-12/h2-8,16H,1H3. The molecule has 0 atom stereocenters. The molecule has 2 aromatic rings. The van der Waals surface area contributed by atoms with Crippen molar-refractivity contribution in [3.05, 3.63) is 48.0 Å². The van der Waals surface area contributed by atoms with E-state index in [1.165, 1.54) is 0 Å². The summed E-state index contributed by atoms with van der Waals surface area (Å²) >= 11 is 1.54. The molecule has 0 bridgehead atoms. The highest BCUT2D eigenvalue weighted by Crippen LogP contribution is 2.32. The van der Waals surface area contributed by atoms with Crippen molar-refractivity contribution >= 4 is 11.8 Å². The predicted octanol–water partition coefficient (Wildman–Crippen LogP) is 3.42. The summed E-state index contributed by atoms with van der Waals surface area (Å²) in [6, 6.07) is 14.5. The van der Waals surface area contributed by atoms with Gasteiger partial charge in [0.15, 0.2) is 0 Å². The number of phenols is 1. The molecule has 0 aromatic heterocycles. The third-order valence-corrected chi connectivity index (χ3v) is 3.36. The summed E-state index contributed by atoms with van der Waals surface area (Å²) in [6.45, 7) is 0. The number of nitriles is 1. The van der Waals surface area contributed by atoms with E-state index < -0.39 is 0 Å². The summed E-state index contributed by atoms with van der Waals surface area (Å²) in [6.07, 6.45) is 0. The first-order valence-electron chi connectivity index (χ1n) is 5.28. The van der Waals surface area contributed by atoms with E-state index in [0.717, 1.165) is 9.79 Å². The van der Waals surface area contributed by atoms with Crippen LogP contribution in [0.25, 0.3) is 0 Å². The van der Waals surface area contributed by atoms with Crippen molar-refractivity contribution in [3.8, 4) is 17.6 Å². The quantitative estimate of drug-likeness (QED) is 0.915. The van der Waals surface area contributed by atoms with E-state index >= 15 is 0 Å². The van der Waals surface area contributed by atoms with Crippen molar-refractivity contribution in [1.82, 2.24) is 0 Å². The average molecular weight is 257 g/mol. The summed E-state index contributed by atoms with van der Waals surface area (Å²) in [4.78, 5) is 2.00. The lowest BCUT2D eigenvalue weighted by molar-refractivity contribution is 0.412. The molecule has 2 aromatic carbocycles. The minimum atomic E-state index is 0.247. The van der Waals surface area contributed by atoms with Crippen molar-refractivity contribution in [1.29, 1.82) is 5.26 Å². The Balaban J connectivity index is 2.25. The molecule has 0 heterocycles. The van der Waals surface area contributed by atoms with Crippen molar-refractivity contribution in [2.45, 2.75) is 9.79 Å². The molecule has 0 fully saturated rings. The Bertz CT molecular complexity index is 588. The van der Waals surface area contributed by atoms with E-state index in [0.29, 0.717) is 11.3 Å². The SMILES string of the molecule is COc1cc(Sc2ccc(O)cc2)ccc1C#N. The van der Waals surface area contributed by atoms with Gasteiger partial charge in [-0.3, -0.25) is 0 Å². The Morgan fingerprint density at radius 1 is 1.11 bits per heavy atom. The van der Waals surface area contributed by atoms with Crippen LogP contribution in [0, 0.1) is 11.3 Å². The van der Waals surface area contributed by atoms with Gasteiger partial charge in [0.25, 0.3) is 0 Å². The van der Waals surface area contributed by atoms with Crippen LogP contribution in [0.3, 0.4) is 0 Å². The number of hydrogen-bond acceptors (Lipinski definition) is 4. The zero-order valence-corrected chi connectivity index (χ0v) is 10.6. The van der Waals surface area contributed by atoms with Gasteiger partial charge in [-0.2, -0.15) is 5.26 Å². The molecule has 0 aliphatic heterocycles. The van der Waals surface area contributed by atoms with Crippen LogP contribution < -0.4 is 4.74 Å². The zero-order valence-electron chi connectivity index (χ0n) is 9.75. The molecule has 0 saturated carbocycles. The van der Waals surface area contributed by atoms with E-state index in [2.05, 4.69) is 6.07 Å². The van der Waals surface area contributed by atoms with E-state index in [1.54, 1.807) is 37.1 Å². The van der Waals surface area contributed by atoms with Crippen molar-refractivity contribution in [3.63, 3.8) is 0 Å². The Kier molecular flexibility index (Phi) is 3.75. The van der Waals surface area contributed by atoms with Gasteiger partial charge in [-0.15, -0.1) is 0 Å². The second-order valence-electron chi connectivity index (χ2n) is 3.57. The molecule has 3 nitrogen and oxygen atoms in total. The van der Waals surface area contributed by atoms with Gasteiger partial charge in [-0.05, 0) is 42.5 Å². The van der Waals surface area contributed by atoms with Gasteiger partial charge >= 0.3 is 0 Å². The van der Waals surface area contributed by atoms with Crippen LogP contribution in [-0.2, 0) is 0 Å². The molecule has 0 spiro atoms. The van der Waals surface area contributed by atoms with Crippen molar-refractivity contribution in [2.75, 3.05) is 7.11 Å². The van der Waals surface area contributed by atoms with Gasteiger partial charge in [-0.25, -0.2) is 0 Å². The largest absolute Gasteiger partial charge is 0.508 e. The van der Waals surface area contributed by atoms with E-state index in [9.17, 15) is 5.11 Å². The molecule has 0 radical (unpaired) electrons. The number of methoxy groups -OCH3 is 1. The number of nitrogens with zero attached hydrogens (tertiary/aromatic N) is 1. The van der Waals surface area contributed by atoms with Crippen LogP contribution in [0.1, 0.15) is 5.56 Å². The Morgan fingerprint density at radius 3 is 2.39 bits per heavy atom. The summed E-state index contributed by atoms with van der Waals surface area (Å²) in [5, 5.41) is 18.1. The van der Waals surface area contributed by atoms with Gasteiger partial charge in [0.2, 0.25) is 0 Å². The number of hydrogen-bond donors (Lipinski definition) is 1. The maximum absolute atomic E-state index is 9.21. The zero-order chi connectivity index (χ0) is 13.0. The Morgan fingerprint density at radius 2 is 1.78 bits per heavy atom. The third kappa shape index (κ3) is 2.76. The molecule has 18 heavy (non-hydrogen) atoms. The molecule has 0 amide bonds. The number of aromatic hydroxyl groups is 1. The fourth-order valence-corrected chi connectivity index (χ4v) is 2.32. The van der Waals surface area contributed by atoms with Crippen LogP contribution in [0.2, 0.25) is 0 Å². The van der Waals surface area contributed by atoms with E-state index in [4.69, 9.17) is 10.00 Å². The van der Waals surface area contributed by atoms with Crippen LogP contribution in [0.4, 0.5) is 0 Å². The second kappa shape index (κ2) is 5.48. The summed E-state index contributed by atoms with van der Waals surface area (Å²) in [7, 11) is 1.55. The molecule has 2 rings (SSSR count). The lowest BCUT2D eigenvalue weighted by Gasteiger charge is -2.06. The molecule has 0 aliphatic carbocycles. The Hall–Kier alpha value is -2.12. The number of ether oxygens (including phenoxy) is 1. The maximum atomic E-state index is 9.21. The third-order valence-electron chi connectivity index (χ3n) is 2.37. The molecular formula is C14H11NO2S. The normalized spacial score (nSPS) is 9.78. The summed E-state index contributed by atoms with van der Waals surface area (Å²) < 4.78 is 5.16. The monoisotopic (exact) mass is 257 g/mol. The van der Waals surface area contributed by atoms with Gasteiger partial charge in [0, 0.05) is 9.79 Å². The highest BCUT2D eigenvalue weighted by molar-refractivity contribution is 7.99. The maximum Gasteiger partial charge on any atom is 0.137 e. The summed E-state index contributed by atoms with van der Waals surface area (Å²) in [5.74, 6) is 0.818. The van der Waals surface area contributed by atoms with E-state index in [1.807, 2.05) is 24.3 Å². The van der Waals surface area contributed by atoms with Crippen molar-refractivity contribution in [2.24, 2.45) is 0 Å². The highest BCUT2D eigenvalue weighted by Gasteiger charge is 2.05. The van der Waals surface area contributed by atoms with Gasteiger partial charge in [0.1, 0.15) is 17.6 Å². The average Bonchev–Trinajstić information content (AvgIpc) is 2.41. The predicted molar refractivity (Wildman–Crippen MR) is 69.9 cm³/mol. The fourth-order valence-electron chi connectivity index (χ4n) is 1.48. The number of benzene rings is 2. The first-order chi connectivity index (χ1) is 8.72. The molecule has 1 N–H and O–H groups in total. The minimum absolute atomic E-state index is 0.247. The molecule has 4 heteroatoms. The minimum Gasteiger partial charge on any atom is -0.508 e. The second-order valence-corrected chi connectivity index (χ2v) is 4.72. The van der Waals surface area contributed by atoms with Gasteiger partial charge in [0.05, 0.1) is 12.7 Å². The van der Waals surface area contributed by atoms with E-state index in [-0.39, 0.29) is 5.75 Å². The van der Waals surface area contributed by atoms with Gasteiger partial charge in [-0.1, -0.05) is 11.8 Å². The highest BCUT2D eigenvalue weighted by atomic mass is 32.2. The lowest BCUT2D eigenvalue weighted by atomic mass is 10.2. The molecule has 0 aliphatic rings. The number of phenolic OH excluding ortho intramolecular Hbond substituents is 1. The van der Waals surface area contributed by atoms with Crippen LogP contribution in [0.5, 0.6) is 11.5 Å².